The zero-order valence-corrected chi connectivity index (χ0v) is 12.1. The van der Waals surface area contributed by atoms with Crippen molar-refractivity contribution in [3.8, 4) is 0 Å². The Labute approximate surface area is 135 Å². The summed E-state index contributed by atoms with van der Waals surface area (Å²) in [5, 5.41) is 1.82. The van der Waals surface area contributed by atoms with Crippen molar-refractivity contribution in [1.82, 2.24) is 0 Å². The van der Waals surface area contributed by atoms with Crippen LogP contribution in [0.2, 0.25) is 0 Å². The third kappa shape index (κ3) is 3.89. The van der Waals surface area contributed by atoms with Gasteiger partial charge in [0.25, 0.3) is 0 Å². The summed E-state index contributed by atoms with van der Waals surface area (Å²) < 4.78 is 36.6. The van der Waals surface area contributed by atoms with Gasteiger partial charge in [0.15, 0.2) is 0 Å². The molecule has 0 atom stereocenters. The molecule has 0 heterocycles. The van der Waals surface area contributed by atoms with Gasteiger partial charge in [-0.25, -0.2) is 0 Å². The number of hydrogen-bond donors (Lipinski definition) is 0. The Morgan fingerprint density at radius 1 is 0.875 bits per heavy atom. The van der Waals surface area contributed by atoms with Gasteiger partial charge in [-0.05, 0) is 10.8 Å². The Hall–Kier alpha value is 0.191. The average Bonchev–Trinajstić information content (AvgIpc) is 2.15. The van der Waals surface area contributed by atoms with E-state index >= 15 is 0 Å². The fraction of sp³-hybridized carbons (Fsp3) is 0.0909. The van der Waals surface area contributed by atoms with E-state index in [1.54, 1.807) is 12.1 Å². The second-order valence-electron chi connectivity index (χ2n) is 3.60. The van der Waals surface area contributed by atoms with Gasteiger partial charge in [-0.1, -0.05) is 54.3 Å². The van der Waals surface area contributed by atoms with Crippen LogP contribution >= 0.6 is 0 Å². The van der Waals surface area contributed by atoms with Gasteiger partial charge < -0.3 is 12.9 Å². The summed E-state index contributed by atoms with van der Waals surface area (Å²) in [7, 11) is 0. The summed E-state index contributed by atoms with van der Waals surface area (Å²) in [4.78, 5) is 0. The van der Waals surface area contributed by atoms with Crippen LogP contribution in [0.3, 0.4) is 0 Å². The van der Waals surface area contributed by atoms with Crippen LogP contribution in [0.25, 0.3) is 10.8 Å². The largest absolute Gasteiger partial charge is 1.00 e. The van der Waals surface area contributed by atoms with Crippen LogP contribution in [-0.2, 0) is 6.32 Å². The van der Waals surface area contributed by atoms with Gasteiger partial charge in [-0.15, -0.1) is 0 Å². The van der Waals surface area contributed by atoms with Crippen molar-refractivity contribution in [2.45, 2.75) is 6.32 Å². The molecule has 0 saturated heterocycles. The van der Waals surface area contributed by atoms with Gasteiger partial charge in [0, 0.05) is 0 Å². The monoisotopic (exact) mass is 248 g/mol. The number of fused-ring (bicyclic) bond motifs is 1. The molecule has 2 aromatic carbocycles. The molecule has 16 heavy (non-hydrogen) atoms. The van der Waals surface area contributed by atoms with Gasteiger partial charge in [0.2, 0.25) is 0 Å². The van der Waals surface area contributed by atoms with E-state index in [0.717, 1.165) is 10.8 Å². The average molecular weight is 248 g/mol. The van der Waals surface area contributed by atoms with E-state index in [1.807, 2.05) is 24.3 Å². The second kappa shape index (κ2) is 5.69. The molecule has 0 amide bonds. The molecule has 0 spiro atoms. The normalized spacial score (nSPS) is 11.2. The number of rotatable bonds is 2. The number of halogens is 3. The number of benzene rings is 2. The molecule has 2 rings (SSSR count). The van der Waals surface area contributed by atoms with Crippen LogP contribution in [0.15, 0.2) is 42.5 Å². The van der Waals surface area contributed by atoms with E-state index in [2.05, 4.69) is 0 Å². The molecule has 0 saturated carbocycles. The minimum absolute atomic E-state index is 0. The molecule has 5 heteroatoms. The molecule has 0 nitrogen and oxygen atoms in total. The maximum atomic E-state index is 12.2. The van der Waals surface area contributed by atoms with Crippen molar-refractivity contribution in [3.05, 3.63) is 48.0 Å². The summed E-state index contributed by atoms with van der Waals surface area (Å²) in [6.07, 6.45) is -0.801. The Balaban J connectivity index is 0.00000128. The SMILES string of the molecule is F[B-](F)(F)Cc1ccc2ccccc2c1.[K+]. The first-order valence-electron chi connectivity index (χ1n) is 4.73. The molecule has 0 aliphatic rings. The first-order valence-corrected chi connectivity index (χ1v) is 4.73. The third-order valence-corrected chi connectivity index (χ3v) is 2.28. The minimum atomic E-state index is -4.74. The topological polar surface area (TPSA) is 0 Å². The summed E-state index contributed by atoms with van der Waals surface area (Å²) in [5.41, 5.74) is 0.334. The zero-order chi connectivity index (χ0) is 10.9. The summed E-state index contributed by atoms with van der Waals surface area (Å²) in [6.45, 7) is -4.74. The molecule has 78 valence electrons. The van der Waals surface area contributed by atoms with Crippen LogP contribution in [0.5, 0.6) is 0 Å². The predicted molar refractivity (Wildman–Crippen MR) is 56.7 cm³/mol. The summed E-state index contributed by atoms with van der Waals surface area (Å²) in [6, 6.07) is 12.3. The number of hydrogen-bond acceptors (Lipinski definition) is 0. The summed E-state index contributed by atoms with van der Waals surface area (Å²) in [5.74, 6) is 0. The zero-order valence-electron chi connectivity index (χ0n) is 8.96. The first kappa shape index (κ1) is 14.3. The first-order chi connectivity index (χ1) is 7.04. The van der Waals surface area contributed by atoms with Crippen molar-refractivity contribution in [2.24, 2.45) is 0 Å². The molecule has 0 bridgehead atoms. The van der Waals surface area contributed by atoms with Crippen molar-refractivity contribution < 1.29 is 64.3 Å². The predicted octanol–water partition coefficient (Wildman–Crippen LogP) is 0.773. The second-order valence-corrected chi connectivity index (χ2v) is 3.60. The quantitative estimate of drug-likeness (QED) is 0.689. The molecule has 0 aliphatic carbocycles. The van der Waals surface area contributed by atoms with Crippen LogP contribution in [0, 0.1) is 0 Å². The van der Waals surface area contributed by atoms with Crippen molar-refractivity contribution >= 4 is 17.7 Å². The Kier molecular flexibility index (Phi) is 5.07. The Morgan fingerprint density at radius 3 is 2.12 bits per heavy atom. The van der Waals surface area contributed by atoms with E-state index < -0.39 is 13.3 Å². The van der Waals surface area contributed by atoms with Crippen LogP contribution in [0.1, 0.15) is 5.56 Å². The molecule has 2 aromatic rings. The smallest absolute Gasteiger partial charge is 0.449 e. The molecular formula is C11H9BF3K. The van der Waals surface area contributed by atoms with E-state index in [-0.39, 0.29) is 51.4 Å². The molecular weight excluding hydrogens is 239 g/mol. The van der Waals surface area contributed by atoms with Gasteiger partial charge >= 0.3 is 58.4 Å². The summed E-state index contributed by atoms with van der Waals surface area (Å²) >= 11 is 0. The maximum Gasteiger partial charge on any atom is 1.00 e. The van der Waals surface area contributed by atoms with Gasteiger partial charge in [0.1, 0.15) is 0 Å². The maximum absolute atomic E-state index is 12.2. The Morgan fingerprint density at radius 2 is 1.50 bits per heavy atom. The molecule has 0 N–H and O–H groups in total. The van der Waals surface area contributed by atoms with Crippen molar-refractivity contribution in [3.63, 3.8) is 0 Å². The van der Waals surface area contributed by atoms with Crippen LogP contribution in [-0.4, -0.2) is 6.98 Å². The van der Waals surface area contributed by atoms with E-state index in [0.29, 0.717) is 5.56 Å². The fourth-order valence-corrected chi connectivity index (χ4v) is 1.63. The third-order valence-electron chi connectivity index (χ3n) is 2.28. The molecule has 0 aromatic heterocycles. The van der Waals surface area contributed by atoms with E-state index in [9.17, 15) is 12.9 Å². The van der Waals surface area contributed by atoms with Crippen LogP contribution in [0.4, 0.5) is 12.9 Å². The van der Waals surface area contributed by atoms with Crippen molar-refractivity contribution in [2.75, 3.05) is 0 Å². The van der Waals surface area contributed by atoms with Crippen molar-refractivity contribution in [1.29, 1.82) is 0 Å². The standard InChI is InChI=1S/C11H9BF3.K/c13-12(14,15)8-9-5-6-10-3-1-2-4-11(10)7-9;/h1-7H,8H2;/q-1;+1. The fourth-order valence-electron chi connectivity index (χ4n) is 1.63. The minimum Gasteiger partial charge on any atom is -0.449 e. The molecule has 0 unspecified atom stereocenters. The van der Waals surface area contributed by atoms with E-state index in [1.165, 1.54) is 6.07 Å². The molecule has 0 fully saturated rings. The molecule has 0 radical (unpaired) electrons. The van der Waals surface area contributed by atoms with Gasteiger partial charge in [-0.2, -0.15) is 0 Å². The van der Waals surface area contributed by atoms with Crippen LogP contribution < -0.4 is 51.4 Å². The van der Waals surface area contributed by atoms with Gasteiger partial charge in [0.05, 0.1) is 0 Å². The Bertz CT molecular complexity index is 482. The molecule has 0 aliphatic heterocycles. The van der Waals surface area contributed by atoms with Gasteiger partial charge in [-0.3, -0.25) is 0 Å². The van der Waals surface area contributed by atoms with E-state index in [4.69, 9.17) is 0 Å².